The molecule has 3 rings (SSSR count). The van der Waals surface area contributed by atoms with Crippen LogP contribution in [0.15, 0.2) is 18.2 Å². The van der Waals surface area contributed by atoms with Gasteiger partial charge >= 0.3 is 0 Å². The fourth-order valence-electron chi connectivity index (χ4n) is 4.99. The molecule has 1 aromatic heterocycles. The van der Waals surface area contributed by atoms with Crippen molar-refractivity contribution >= 4 is 23.5 Å². The number of hydrogen-bond acceptors (Lipinski definition) is 6. The summed E-state index contributed by atoms with van der Waals surface area (Å²) in [6.45, 7) is 11.5. The van der Waals surface area contributed by atoms with Gasteiger partial charge in [-0.2, -0.15) is 0 Å². The first kappa shape index (κ1) is 24.2. The van der Waals surface area contributed by atoms with Gasteiger partial charge < -0.3 is 21.8 Å². The van der Waals surface area contributed by atoms with E-state index in [-0.39, 0.29) is 0 Å². The average Bonchev–Trinajstić information content (AvgIpc) is 3.35. The molecule has 0 saturated heterocycles. The molecule has 0 radical (unpaired) electrons. The largest absolute Gasteiger partial charge is 0.367 e. The molecule has 32 heavy (non-hydrogen) atoms. The van der Waals surface area contributed by atoms with Crippen LogP contribution >= 0.6 is 0 Å². The molecule has 0 aliphatic heterocycles. The Morgan fingerprint density at radius 3 is 2.50 bits per heavy atom. The van der Waals surface area contributed by atoms with Crippen molar-refractivity contribution in [3.05, 3.63) is 40.7 Å². The second-order valence-corrected chi connectivity index (χ2v) is 9.30. The standard InChI is InChI=1S/C26H40N6/c1-6-8-19(10-11-27)22-13-23(20(15-28)12-16(22)3)31-24-14-25(30-18(5)29-24)32-26-17(4)21(26)9-7-2/h12-15,17,19,21,26,28H,6-11,27H2,1-5H3,(H2,29,30,31,32). The van der Waals surface area contributed by atoms with Crippen molar-refractivity contribution in [3.8, 4) is 0 Å². The van der Waals surface area contributed by atoms with Crippen LogP contribution in [-0.4, -0.2) is 28.8 Å². The average molecular weight is 437 g/mol. The lowest BCUT2D eigenvalue weighted by atomic mass is 9.87. The first-order valence-corrected chi connectivity index (χ1v) is 12.2. The summed E-state index contributed by atoms with van der Waals surface area (Å²) in [5.74, 6) is 4.20. The zero-order valence-corrected chi connectivity index (χ0v) is 20.3. The van der Waals surface area contributed by atoms with E-state index < -0.39 is 0 Å². The predicted octanol–water partition coefficient (Wildman–Crippen LogP) is 5.91. The summed E-state index contributed by atoms with van der Waals surface area (Å²) in [5.41, 5.74) is 10.2. The van der Waals surface area contributed by atoms with Crippen molar-refractivity contribution in [2.45, 2.75) is 78.7 Å². The van der Waals surface area contributed by atoms with Crippen molar-refractivity contribution in [2.24, 2.45) is 17.6 Å². The fraction of sp³-hybridized carbons (Fsp3) is 0.577. The van der Waals surface area contributed by atoms with E-state index >= 15 is 0 Å². The van der Waals surface area contributed by atoms with Gasteiger partial charge in [0.25, 0.3) is 0 Å². The summed E-state index contributed by atoms with van der Waals surface area (Å²) in [7, 11) is 0. The number of nitrogens with two attached hydrogens (primary N) is 1. The highest BCUT2D eigenvalue weighted by Gasteiger charge is 2.45. The molecule has 0 spiro atoms. The minimum absolute atomic E-state index is 0.432. The van der Waals surface area contributed by atoms with Gasteiger partial charge in [-0.05, 0) is 80.7 Å². The lowest BCUT2D eigenvalue weighted by Crippen LogP contribution is -2.11. The number of anilines is 3. The van der Waals surface area contributed by atoms with Crippen molar-refractivity contribution < 1.29 is 0 Å². The van der Waals surface area contributed by atoms with Gasteiger partial charge in [0.1, 0.15) is 17.5 Å². The van der Waals surface area contributed by atoms with Crippen molar-refractivity contribution in [1.29, 1.82) is 5.41 Å². The number of benzene rings is 1. The van der Waals surface area contributed by atoms with Crippen molar-refractivity contribution in [3.63, 3.8) is 0 Å². The summed E-state index contributed by atoms with van der Waals surface area (Å²) in [6.07, 6.45) is 7.08. The van der Waals surface area contributed by atoms with Crippen LogP contribution in [0.5, 0.6) is 0 Å². The van der Waals surface area contributed by atoms with E-state index in [4.69, 9.17) is 11.1 Å². The molecule has 1 aliphatic rings. The van der Waals surface area contributed by atoms with E-state index in [2.05, 4.69) is 60.4 Å². The molecule has 6 heteroatoms. The Labute approximate surface area is 193 Å². The van der Waals surface area contributed by atoms with Gasteiger partial charge in [-0.1, -0.05) is 33.6 Å². The molecule has 2 aromatic rings. The summed E-state index contributed by atoms with van der Waals surface area (Å²) in [6, 6.07) is 6.76. The number of aromatic nitrogens is 2. The molecule has 0 bridgehead atoms. The maximum absolute atomic E-state index is 7.93. The highest BCUT2D eigenvalue weighted by Crippen LogP contribution is 2.44. The molecule has 6 nitrogen and oxygen atoms in total. The number of hydrogen-bond donors (Lipinski definition) is 4. The summed E-state index contributed by atoms with van der Waals surface area (Å²) >= 11 is 0. The molecule has 5 N–H and O–H groups in total. The van der Waals surface area contributed by atoms with E-state index in [0.29, 0.717) is 24.4 Å². The molecule has 174 valence electrons. The van der Waals surface area contributed by atoms with Crippen LogP contribution in [0.4, 0.5) is 17.3 Å². The molecular weight excluding hydrogens is 396 g/mol. The van der Waals surface area contributed by atoms with Gasteiger partial charge in [-0.3, -0.25) is 0 Å². The lowest BCUT2D eigenvalue weighted by Gasteiger charge is -2.21. The number of rotatable bonds is 12. The third-order valence-electron chi connectivity index (χ3n) is 6.79. The Morgan fingerprint density at radius 2 is 1.84 bits per heavy atom. The lowest BCUT2D eigenvalue weighted by molar-refractivity contribution is 0.573. The number of aryl methyl sites for hydroxylation is 2. The van der Waals surface area contributed by atoms with E-state index in [9.17, 15) is 0 Å². The summed E-state index contributed by atoms with van der Waals surface area (Å²) in [5, 5.41) is 15.0. The van der Waals surface area contributed by atoms with Crippen LogP contribution in [0.25, 0.3) is 0 Å². The second kappa shape index (κ2) is 10.9. The van der Waals surface area contributed by atoms with Gasteiger partial charge in [0.15, 0.2) is 0 Å². The van der Waals surface area contributed by atoms with Crippen LogP contribution in [0.1, 0.15) is 81.3 Å². The normalized spacial score (nSPS) is 20.6. The number of nitrogens with one attached hydrogen (secondary N) is 3. The van der Waals surface area contributed by atoms with Gasteiger partial charge in [0.2, 0.25) is 0 Å². The number of nitrogens with zero attached hydrogens (tertiary/aromatic N) is 2. The highest BCUT2D eigenvalue weighted by molar-refractivity contribution is 5.88. The van der Waals surface area contributed by atoms with Crippen LogP contribution < -0.4 is 16.4 Å². The van der Waals surface area contributed by atoms with Crippen LogP contribution in [0.2, 0.25) is 0 Å². The molecule has 0 amide bonds. The third-order valence-corrected chi connectivity index (χ3v) is 6.79. The van der Waals surface area contributed by atoms with Crippen molar-refractivity contribution in [1.82, 2.24) is 9.97 Å². The highest BCUT2D eigenvalue weighted by atomic mass is 15.1. The monoisotopic (exact) mass is 436 g/mol. The Kier molecular flexibility index (Phi) is 8.24. The fourth-order valence-corrected chi connectivity index (χ4v) is 4.99. The first-order valence-electron chi connectivity index (χ1n) is 12.2. The zero-order valence-electron chi connectivity index (χ0n) is 20.3. The van der Waals surface area contributed by atoms with Gasteiger partial charge in [-0.25, -0.2) is 9.97 Å². The minimum atomic E-state index is 0.432. The van der Waals surface area contributed by atoms with E-state index in [1.54, 1.807) is 0 Å². The van der Waals surface area contributed by atoms with Crippen LogP contribution in [0.3, 0.4) is 0 Å². The first-order chi connectivity index (χ1) is 15.4. The molecule has 1 saturated carbocycles. The van der Waals surface area contributed by atoms with Gasteiger partial charge in [0.05, 0.1) is 0 Å². The molecule has 1 fully saturated rings. The molecule has 4 unspecified atom stereocenters. The Hall–Kier alpha value is -2.47. The maximum Gasteiger partial charge on any atom is 0.136 e. The molecule has 4 atom stereocenters. The quantitative estimate of drug-likeness (QED) is 0.310. The predicted molar refractivity (Wildman–Crippen MR) is 135 cm³/mol. The Morgan fingerprint density at radius 1 is 1.09 bits per heavy atom. The van der Waals surface area contributed by atoms with Crippen LogP contribution in [0, 0.1) is 31.1 Å². The third kappa shape index (κ3) is 5.66. The van der Waals surface area contributed by atoms with E-state index in [1.807, 2.05) is 13.0 Å². The van der Waals surface area contributed by atoms with E-state index in [0.717, 1.165) is 53.9 Å². The minimum Gasteiger partial charge on any atom is -0.367 e. The van der Waals surface area contributed by atoms with Gasteiger partial charge in [-0.15, -0.1) is 0 Å². The topological polar surface area (TPSA) is 99.7 Å². The summed E-state index contributed by atoms with van der Waals surface area (Å²) < 4.78 is 0. The van der Waals surface area contributed by atoms with Gasteiger partial charge in [0, 0.05) is 29.6 Å². The Bertz CT molecular complexity index is 919. The SMILES string of the molecule is CCCC(CCN)c1cc(Nc2cc(NC3C(C)C3CCC)nc(C)n2)c(C=N)cc1C. The second-order valence-electron chi connectivity index (χ2n) is 9.30. The Balaban J connectivity index is 1.86. The summed E-state index contributed by atoms with van der Waals surface area (Å²) in [4.78, 5) is 9.23. The van der Waals surface area contributed by atoms with E-state index in [1.165, 1.54) is 30.2 Å². The van der Waals surface area contributed by atoms with Crippen molar-refractivity contribution in [2.75, 3.05) is 17.2 Å². The molecule has 1 aromatic carbocycles. The van der Waals surface area contributed by atoms with Crippen LogP contribution in [-0.2, 0) is 0 Å². The zero-order chi connectivity index (χ0) is 23.3. The maximum atomic E-state index is 7.93. The molecule has 1 aliphatic carbocycles. The molecular formula is C26H40N6. The molecule has 1 heterocycles. The smallest absolute Gasteiger partial charge is 0.136 e.